The molecule has 3 aromatic rings. The summed E-state index contributed by atoms with van der Waals surface area (Å²) in [5, 5.41) is 13.4. The molecule has 30 heavy (non-hydrogen) atoms. The van der Waals surface area contributed by atoms with Gasteiger partial charge in [-0.25, -0.2) is 8.42 Å². The Morgan fingerprint density at radius 2 is 1.40 bits per heavy atom. The summed E-state index contributed by atoms with van der Waals surface area (Å²) in [5.41, 5.74) is 1.50. The van der Waals surface area contributed by atoms with E-state index in [2.05, 4.69) is 5.32 Å². The molecule has 156 valence electrons. The van der Waals surface area contributed by atoms with Crippen LogP contribution in [0.5, 0.6) is 0 Å². The molecule has 5 nitrogen and oxygen atoms in total. The van der Waals surface area contributed by atoms with Crippen molar-refractivity contribution in [1.82, 2.24) is 5.32 Å². The Kier molecular flexibility index (Phi) is 6.70. The lowest BCUT2D eigenvalue weighted by Crippen LogP contribution is -2.39. The van der Waals surface area contributed by atoms with Crippen LogP contribution in [0.1, 0.15) is 18.9 Å². The number of aliphatic hydroxyl groups is 1. The molecule has 0 fully saturated rings. The first kappa shape index (κ1) is 21.7. The van der Waals surface area contributed by atoms with Gasteiger partial charge in [0.1, 0.15) is 5.60 Å². The number of rotatable bonds is 8. The Labute approximate surface area is 177 Å². The van der Waals surface area contributed by atoms with Crippen LogP contribution >= 0.6 is 0 Å². The minimum atomic E-state index is -3.52. The van der Waals surface area contributed by atoms with E-state index in [0.29, 0.717) is 5.56 Å². The highest BCUT2D eigenvalue weighted by Crippen LogP contribution is 2.24. The standard InChI is InChI=1S/C24H25NO4S/c1-24(27,21-14-12-20(13-15-21)19-8-4-2-5-9-19)18-25-23(26)16-17-30(28,29)22-10-6-3-7-11-22/h2-15,27H,16-18H2,1H3,(H,25,26). The van der Waals surface area contributed by atoms with Gasteiger partial charge in [-0.2, -0.15) is 0 Å². The molecule has 0 saturated carbocycles. The van der Waals surface area contributed by atoms with Crippen molar-refractivity contribution in [3.63, 3.8) is 0 Å². The lowest BCUT2D eigenvalue weighted by Gasteiger charge is -2.24. The van der Waals surface area contributed by atoms with Crippen molar-refractivity contribution < 1.29 is 18.3 Å². The molecular weight excluding hydrogens is 398 g/mol. The summed E-state index contributed by atoms with van der Waals surface area (Å²) < 4.78 is 24.6. The van der Waals surface area contributed by atoms with Gasteiger partial charge in [-0.05, 0) is 35.7 Å². The van der Waals surface area contributed by atoms with Gasteiger partial charge < -0.3 is 10.4 Å². The van der Waals surface area contributed by atoms with Crippen LogP contribution < -0.4 is 5.32 Å². The predicted molar refractivity (Wildman–Crippen MR) is 118 cm³/mol. The van der Waals surface area contributed by atoms with Gasteiger partial charge in [-0.3, -0.25) is 4.79 Å². The molecule has 0 aliphatic heterocycles. The normalized spacial score (nSPS) is 13.4. The molecule has 1 amide bonds. The van der Waals surface area contributed by atoms with Gasteiger partial charge in [0.25, 0.3) is 0 Å². The maximum absolute atomic E-state index is 12.3. The first-order valence-corrected chi connectivity index (χ1v) is 11.4. The van der Waals surface area contributed by atoms with E-state index in [1.54, 1.807) is 25.1 Å². The Morgan fingerprint density at radius 1 is 0.867 bits per heavy atom. The van der Waals surface area contributed by atoms with Crippen LogP contribution in [0.25, 0.3) is 11.1 Å². The van der Waals surface area contributed by atoms with E-state index >= 15 is 0 Å². The fourth-order valence-electron chi connectivity index (χ4n) is 3.09. The minimum Gasteiger partial charge on any atom is -0.384 e. The Bertz CT molecular complexity index is 1080. The fourth-order valence-corrected chi connectivity index (χ4v) is 4.35. The van der Waals surface area contributed by atoms with Crippen LogP contribution in [0.3, 0.4) is 0 Å². The molecule has 0 aliphatic carbocycles. The third-order valence-electron chi connectivity index (χ3n) is 4.94. The summed E-state index contributed by atoms with van der Waals surface area (Å²) >= 11 is 0. The zero-order valence-electron chi connectivity index (χ0n) is 16.8. The van der Waals surface area contributed by atoms with Crippen LogP contribution in [0.4, 0.5) is 0 Å². The molecule has 0 heterocycles. The summed E-state index contributed by atoms with van der Waals surface area (Å²) in [6, 6.07) is 25.5. The summed E-state index contributed by atoms with van der Waals surface area (Å²) in [7, 11) is -3.52. The molecule has 3 aromatic carbocycles. The van der Waals surface area contributed by atoms with E-state index in [9.17, 15) is 18.3 Å². The molecule has 1 unspecified atom stereocenters. The van der Waals surface area contributed by atoms with Crippen molar-refractivity contribution >= 4 is 15.7 Å². The summed E-state index contributed by atoms with van der Waals surface area (Å²) in [4.78, 5) is 12.3. The average Bonchev–Trinajstić information content (AvgIpc) is 2.78. The Balaban J connectivity index is 1.56. The Hall–Kier alpha value is -2.96. The number of sulfone groups is 1. The van der Waals surface area contributed by atoms with Gasteiger partial charge >= 0.3 is 0 Å². The van der Waals surface area contributed by atoms with E-state index in [1.165, 1.54) is 12.1 Å². The number of carbonyl (C=O) groups is 1. The van der Waals surface area contributed by atoms with Gasteiger partial charge in [0.2, 0.25) is 5.91 Å². The first-order chi connectivity index (χ1) is 14.3. The van der Waals surface area contributed by atoms with Crippen molar-refractivity contribution in [3.8, 4) is 11.1 Å². The van der Waals surface area contributed by atoms with Crippen molar-refractivity contribution in [1.29, 1.82) is 0 Å². The third kappa shape index (κ3) is 5.55. The van der Waals surface area contributed by atoms with E-state index in [1.807, 2.05) is 54.6 Å². The van der Waals surface area contributed by atoms with Gasteiger partial charge in [0.15, 0.2) is 9.84 Å². The van der Waals surface area contributed by atoms with E-state index < -0.39 is 21.3 Å². The van der Waals surface area contributed by atoms with Gasteiger partial charge in [0.05, 0.1) is 17.2 Å². The molecule has 0 spiro atoms. The number of hydrogen-bond donors (Lipinski definition) is 2. The molecule has 6 heteroatoms. The predicted octanol–water partition coefficient (Wildman–Crippen LogP) is 3.54. The molecule has 2 N–H and O–H groups in total. The smallest absolute Gasteiger partial charge is 0.221 e. The quantitative estimate of drug-likeness (QED) is 0.580. The summed E-state index contributed by atoms with van der Waals surface area (Å²) in [6.45, 7) is 1.60. The summed E-state index contributed by atoms with van der Waals surface area (Å²) in [5.74, 6) is -0.702. The lowest BCUT2D eigenvalue weighted by molar-refractivity contribution is -0.121. The zero-order chi connectivity index (χ0) is 21.6. The van der Waals surface area contributed by atoms with E-state index in [0.717, 1.165) is 11.1 Å². The van der Waals surface area contributed by atoms with Crippen molar-refractivity contribution in [2.45, 2.75) is 23.8 Å². The van der Waals surface area contributed by atoms with Crippen LogP contribution in [0.15, 0.2) is 89.8 Å². The van der Waals surface area contributed by atoms with Crippen molar-refractivity contribution in [2.24, 2.45) is 0 Å². The van der Waals surface area contributed by atoms with Gasteiger partial charge in [-0.1, -0.05) is 72.8 Å². The zero-order valence-corrected chi connectivity index (χ0v) is 17.6. The van der Waals surface area contributed by atoms with Crippen LogP contribution in [-0.4, -0.2) is 31.7 Å². The van der Waals surface area contributed by atoms with Crippen molar-refractivity contribution in [3.05, 3.63) is 90.5 Å². The second kappa shape index (κ2) is 9.24. The largest absolute Gasteiger partial charge is 0.384 e. The fraction of sp³-hybridized carbons (Fsp3) is 0.208. The average molecular weight is 424 g/mol. The molecule has 0 bridgehead atoms. The second-order valence-corrected chi connectivity index (χ2v) is 9.49. The highest BCUT2D eigenvalue weighted by Gasteiger charge is 2.24. The monoisotopic (exact) mass is 423 g/mol. The lowest BCUT2D eigenvalue weighted by atomic mass is 9.93. The molecule has 0 aliphatic rings. The number of carbonyl (C=O) groups excluding carboxylic acids is 1. The molecule has 3 rings (SSSR count). The van der Waals surface area contributed by atoms with Gasteiger partial charge in [0, 0.05) is 6.42 Å². The van der Waals surface area contributed by atoms with E-state index in [4.69, 9.17) is 0 Å². The maximum Gasteiger partial charge on any atom is 0.221 e. The number of amides is 1. The molecular formula is C24H25NO4S. The van der Waals surface area contributed by atoms with E-state index in [-0.39, 0.29) is 23.6 Å². The minimum absolute atomic E-state index is 0.0120. The number of benzene rings is 3. The summed E-state index contributed by atoms with van der Waals surface area (Å²) in [6.07, 6.45) is -0.166. The highest BCUT2D eigenvalue weighted by molar-refractivity contribution is 7.91. The number of nitrogens with one attached hydrogen (secondary N) is 1. The third-order valence-corrected chi connectivity index (χ3v) is 6.68. The molecule has 0 radical (unpaired) electrons. The van der Waals surface area contributed by atoms with Crippen molar-refractivity contribution in [2.75, 3.05) is 12.3 Å². The maximum atomic E-state index is 12.3. The van der Waals surface area contributed by atoms with Crippen LogP contribution in [0.2, 0.25) is 0 Å². The molecule has 1 atom stereocenters. The highest BCUT2D eigenvalue weighted by atomic mass is 32.2. The van der Waals surface area contributed by atoms with Gasteiger partial charge in [-0.15, -0.1) is 0 Å². The van der Waals surface area contributed by atoms with Crippen LogP contribution in [0, 0.1) is 0 Å². The first-order valence-electron chi connectivity index (χ1n) is 9.71. The number of hydrogen-bond acceptors (Lipinski definition) is 4. The second-order valence-electron chi connectivity index (χ2n) is 7.38. The topological polar surface area (TPSA) is 83.5 Å². The Morgan fingerprint density at radius 3 is 2.00 bits per heavy atom. The van der Waals surface area contributed by atoms with Crippen LogP contribution in [-0.2, 0) is 20.2 Å². The molecule has 0 aromatic heterocycles. The SMILES string of the molecule is CC(O)(CNC(=O)CCS(=O)(=O)c1ccccc1)c1ccc(-c2ccccc2)cc1. The molecule has 0 saturated heterocycles.